The van der Waals surface area contributed by atoms with E-state index in [9.17, 15) is 0 Å². The third-order valence-corrected chi connectivity index (χ3v) is 6.10. The fourth-order valence-corrected chi connectivity index (χ4v) is 4.66. The van der Waals surface area contributed by atoms with Crippen molar-refractivity contribution >= 4 is 21.9 Å². The van der Waals surface area contributed by atoms with E-state index in [1.807, 2.05) is 0 Å². The zero-order valence-electron chi connectivity index (χ0n) is 16.8. The van der Waals surface area contributed by atoms with E-state index in [2.05, 4.69) is 75.4 Å². The van der Waals surface area contributed by atoms with Crippen LogP contribution < -0.4 is 4.74 Å². The minimum atomic E-state index is 0.313. The molecule has 0 aliphatic carbocycles. The molecule has 0 fully saturated rings. The Kier molecular flexibility index (Phi) is 4.16. The molecule has 0 saturated heterocycles. The van der Waals surface area contributed by atoms with Crippen LogP contribution in [0, 0.1) is 6.92 Å². The van der Waals surface area contributed by atoms with Gasteiger partial charge in [-0.3, -0.25) is 0 Å². The molecule has 0 amide bonds. The maximum absolute atomic E-state index is 6.23. The van der Waals surface area contributed by atoms with Gasteiger partial charge in [-0.15, -0.1) is 0 Å². The number of hydrogen-bond acceptors (Lipinski definition) is 2. The van der Waals surface area contributed by atoms with Crippen molar-refractivity contribution in [2.24, 2.45) is 0 Å². The summed E-state index contributed by atoms with van der Waals surface area (Å²) in [6, 6.07) is 19.6. The van der Waals surface area contributed by atoms with Crippen molar-refractivity contribution in [3.8, 4) is 16.9 Å². The molecule has 4 aromatic rings. The monoisotopic (exact) mass is 370 g/mol. The minimum Gasteiger partial charge on any atom is -0.490 e. The first-order valence-electron chi connectivity index (χ1n) is 10.4. The van der Waals surface area contributed by atoms with Crippen LogP contribution in [0.1, 0.15) is 50.2 Å². The van der Waals surface area contributed by atoms with Gasteiger partial charge in [0.05, 0.1) is 0 Å². The Hall–Kier alpha value is -2.74. The number of fused-ring (bicyclic) bond motifs is 4. The molecule has 2 nitrogen and oxygen atoms in total. The highest BCUT2D eigenvalue weighted by molar-refractivity contribution is 6.06. The Bertz CT molecular complexity index is 1170. The lowest BCUT2D eigenvalue weighted by Gasteiger charge is -2.16. The van der Waals surface area contributed by atoms with E-state index in [-0.39, 0.29) is 0 Å². The SMILES string of the molecule is CCCC1c2cc(-c3ccc4oc5ccc(C)cc5c4c3)ccc2OC1CC. The summed E-state index contributed by atoms with van der Waals surface area (Å²) in [5.74, 6) is 1.57. The molecular formula is C26H26O2. The lowest BCUT2D eigenvalue weighted by molar-refractivity contribution is 0.195. The van der Waals surface area contributed by atoms with Crippen LogP contribution in [0.2, 0.25) is 0 Å². The van der Waals surface area contributed by atoms with Gasteiger partial charge in [-0.1, -0.05) is 44.0 Å². The van der Waals surface area contributed by atoms with Crippen molar-refractivity contribution in [2.75, 3.05) is 0 Å². The first kappa shape index (κ1) is 17.4. The van der Waals surface area contributed by atoms with Crippen LogP contribution >= 0.6 is 0 Å². The van der Waals surface area contributed by atoms with Crippen molar-refractivity contribution in [3.05, 3.63) is 65.7 Å². The van der Waals surface area contributed by atoms with Gasteiger partial charge in [0.25, 0.3) is 0 Å². The molecule has 3 aromatic carbocycles. The number of hydrogen-bond donors (Lipinski definition) is 0. The lowest BCUT2D eigenvalue weighted by atomic mass is 9.88. The molecule has 28 heavy (non-hydrogen) atoms. The van der Waals surface area contributed by atoms with Gasteiger partial charge in [0.1, 0.15) is 23.0 Å². The minimum absolute atomic E-state index is 0.313. The normalized spacial score (nSPS) is 18.5. The van der Waals surface area contributed by atoms with Crippen LogP contribution in [0.4, 0.5) is 0 Å². The molecular weight excluding hydrogens is 344 g/mol. The second-order valence-electron chi connectivity index (χ2n) is 8.02. The summed E-state index contributed by atoms with van der Waals surface area (Å²) in [6.07, 6.45) is 3.73. The van der Waals surface area contributed by atoms with E-state index in [1.54, 1.807) is 0 Å². The molecule has 5 rings (SSSR count). The van der Waals surface area contributed by atoms with Gasteiger partial charge in [-0.05, 0) is 67.3 Å². The van der Waals surface area contributed by atoms with E-state index in [0.717, 1.165) is 23.3 Å². The summed E-state index contributed by atoms with van der Waals surface area (Å²) in [4.78, 5) is 0. The molecule has 0 spiro atoms. The summed E-state index contributed by atoms with van der Waals surface area (Å²) in [5, 5.41) is 2.38. The smallest absolute Gasteiger partial charge is 0.135 e. The summed E-state index contributed by atoms with van der Waals surface area (Å²) in [5.41, 5.74) is 7.01. The standard InChI is InChI=1S/C26H26O2/c1-4-6-19-21-14-17(8-11-25(21)27-23(19)5-2)18-9-12-26-22(15-18)20-13-16(3)7-10-24(20)28-26/h7-15,19,23H,4-6H2,1-3H3. The molecule has 0 bridgehead atoms. The number of aryl methyl sites for hydroxylation is 1. The van der Waals surface area contributed by atoms with Gasteiger partial charge < -0.3 is 9.15 Å². The molecule has 1 aliphatic heterocycles. The van der Waals surface area contributed by atoms with Crippen molar-refractivity contribution in [2.45, 2.75) is 52.1 Å². The highest BCUT2D eigenvalue weighted by Crippen LogP contribution is 2.44. The van der Waals surface area contributed by atoms with E-state index in [0.29, 0.717) is 12.0 Å². The molecule has 0 saturated carbocycles. The molecule has 2 atom stereocenters. The molecule has 2 heteroatoms. The fourth-order valence-electron chi connectivity index (χ4n) is 4.66. The van der Waals surface area contributed by atoms with Gasteiger partial charge >= 0.3 is 0 Å². The predicted octanol–water partition coefficient (Wildman–Crippen LogP) is 7.62. The maximum atomic E-state index is 6.23. The average Bonchev–Trinajstić information content (AvgIpc) is 3.25. The quantitative estimate of drug-likeness (QED) is 0.369. The van der Waals surface area contributed by atoms with Crippen LogP contribution in [0.5, 0.6) is 5.75 Å². The highest BCUT2D eigenvalue weighted by Gasteiger charge is 2.32. The molecule has 2 heterocycles. The van der Waals surface area contributed by atoms with E-state index < -0.39 is 0 Å². The number of benzene rings is 3. The summed E-state index contributed by atoms with van der Waals surface area (Å²) in [7, 11) is 0. The average molecular weight is 370 g/mol. The third kappa shape index (κ3) is 2.71. The van der Waals surface area contributed by atoms with E-state index in [1.165, 1.54) is 45.9 Å². The van der Waals surface area contributed by atoms with Crippen LogP contribution in [0.15, 0.2) is 59.0 Å². The van der Waals surface area contributed by atoms with Crippen LogP contribution in [0.3, 0.4) is 0 Å². The van der Waals surface area contributed by atoms with Gasteiger partial charge in [-0.2, -0.15) is 0 Å². The third-order valence-electron chi connectivity index (χ3n) is 6.10. The van der Waals surface area contributed by atoms with Crippen molar-refractivity contribution in [1.29, 1.82) is 0 Å². The van der Waals surface area contributed by atoms with Crippen molar-refractivity contribution in [1.82, 2.24) is 0 Å². The first-order valence-corrected chi connectivity index (χ1v) is 10.4. The summed E-state index contributed by atoms with van der Waals surface area (Å²) < 4.78 is 12.3. The van der Waals surface area contributed by atoms with Crippen molar-refractivity contribution < 1.29 is 9.15 Å². The summed E-state index contributed by atoms with van der Waals surface area (Å²) >= 11 is 0. The van der Waals surface area contributed by atoms with Crippen LogP contribution in [-0.4, -0.2) is 6.10 Å². The van der Waals surface area contributed by atoms with Gasteiger partial charge in [0.15, 0.2) is 0 Å². The Morgan fingerprint density at radius 1 is 0.821 bits per heavy atom. The van der Waals surface area contributed by atoms with Crippen LogP contribution in [0.25, 0.3) is 33.1 Å². The van der Waals surface area contributed by atoms with Crippen molar-refractivity contribution in [3.63, 3.8) is 0 Å². The van der Waals surface area contributed by atoms with E-state index in [4.69, 9.17) is 9.15 Å². The maximum Gasteiger partial charge on any atom is 0.135 e. The molecule has 142 valence electrons. The zero-order valence-corrected chi connectivity index (χ0v) is 16.8. The topological polar surface area (TPSA) is 22.4 Å². The van der Waals surface area contributed by atoms with Gasteiger partial charge in [0, 0.05) is 22.3 Å². The lowest BCUT2D eigenvalue weighted by Crippen LogP contribution is -2.17. The Morgan fingerprint density at radius 3 is 2.32 bits per heavy atom. The zero-order chi connectivity index (χ0) is 19.3. The largest absolute Gasteiger partial charge is 0.490 e. The summed E-state index contributed by atoms with van der Waals surface area (Å²) in [6.45, 7) is 6.61. The first-order chi connectivity index (χ1) is 13.7. The highest BCUT2D eigenvalue weighted by atomic mass is 16.5. The predicted molar refractivity (Wildman–Crippen MR) is 116 cm³/mol. The van der Waals surface area contributed by atoms with Gasteiger partial charge in [0.2, 0.25) is 0 Å². The molecule has 0 N–H and O–H groups in total. The van der Waals surface area contributed by atoms with Gasteiger partial charge in [-0.25, -0.2) is 0 Å². The number of rotatable bonds is 4. The van der Waals surface area contributed by atoms with E-state index >= 15 is 0 Å². The van der Waals surface area contributed by atoms with Crippen LogP contribution in [-0.2, 0) is 0 Å². The molecule has 1 aliphatic rings. The fraction of sp³-hybridized carbons (Fsp3) is 0.308. The molecule has 0 radical (unpaired) electrons. The molecule has 2 unspecified atom stereocenters. The Morgan fingerprint density at radius 2 is 1.54 bits per heavy atom. The Labute approximate surface area is 166 Å². The Balaban J connectivity index is 1.62. The molecule has 1 aromatic heterocycles. The number of ether oxygens (including phenoxy) is 1. The second-order valence-corrected chi connectivity index (χ2v) is 8.02. The second kappa shape index (κ2) is 6.70. The number of furan rings is 1.